The molecule has 188 valence electrons. The summed E-state index contributed by atoms with van der Waals surface area (Å²) >= 11 is 0. The van der Waals surface area contributed by atoms with Crippen molar-refractivity contribution in [2.45, 2.75) is 26.2 Å². The standard InChI is InChI=1S/C28H28FNO6/c1-16-15-21-25(26(31)22(16)27(32)34-3)24(18-9-11-19(29)12-10-18)23(17(2)30-21)28(33)36-14-13-35-20-7-5-4-6-8-20/h4-12,16,22,24,30H,13-15H2,1-3H3/t16-,22+,24+/m1/s1. The molecule has 0 amide bonds. The van der Waals surface area contributed by atoms with E-state index in [9.17, 15) is 18.8 Å². The first kappa shape index (κ1) is 25.2. The molecule has 0 saturated carbocycles. The number of methoxy groups -OCH3 is 1. The summed E-state index contributed by atoms with van der Waals surface area (Å²) < 4.78 is 29.7. The SMILES string of the molecule is COC(=O)[C@@H]1C(=O)C2=C(C[C@H]1C)NC(C)=C(C(=O)OCCOc1ccccc1)[C@@H]2c1ccc(F)cc1. The van der Waals surface area contributed by atoms with Crippen LogP contribution in [0.15, 0.2) is 77.1 Å². The monoisotopic (exact) mass is 493 g/mol. The van der Waals surface area contributed by atoms with Gasteiger partial charge < -0.3 is 19.5 Å². The first-order chi connectivity index (χ1) is 17.3. The molecule has 1 heterocycles. The average molecular weight is 494 g/mol. The van der Waals surface area contributed by atoms with Crippen molar-refractivity contribution >= 4 is 17.7 Å². The average Bonchev–Trinajstić information content (AvgIpc) is 2.86. The van der Waals surface area contributed by atoms with E-state index in [0.717, 1.165) is 0 Å². The number of hydrogen-bond acceptors (Lipinski definition) is 7. The van der Waals surface area contributed by atoms with Crippen LogP contribution in [-0.4, -0.2) is 38.0 Å². The first-order valence-corrected chi connectivity index (χ1v) is 11.7. The van der Waals surface area contributed by atoms with Crippen LogP contribution >= 0.6 is 0 Å². The number of esters is 2. The van der Waals surface area contributed by atoms with Gasteiger partial charge in [0.05, 0.1) is 12.7 Å². The van der Waals surface area contributed by atoms with Crippen molar-refractivity contribution in [2.75, 3.05) is 20.3 Å². The summed E-state index contributed by atoms with van der Waals surface area (Å²) in [5, 5.41) is 3.20. The molecule has 0 fully saturated rings. The van der Waals surface area contributed by atoms with Crippen LogP contribution in [0.5, 0.6) is 5.75 Å². The van der Waals surface area contributed by atoms with Crippen molar-refractivity contribution < 1.29 is 33.0 Å². The molecule has 8 heteroatoms. The number of hydrogen-bond donors (Lipinski definition) is 1. The van der Waals surface area contributed by atoms with E-state index in [1.165, 1.54) is 31.4 Å². The number of nitrogens with one attached hydrogen (secondary N) is 1. The van der Waals surface area contributed by atoms with Crippen LogP contribution in [0.25, 0.3) is 0 Å². The second-order valence-corrected chi connectivity index (χ2v) is 8.88. The third-order valence-electron chi connectivity index (χ3n) is 6.49. The number of para-hydroxylation sites is 1. The minimum atomic E-state index is -0.992. The largest absolute Gasteiger partial charge is 0.490 e. The molecule has 36 heavy (non-hydrogen) atoms. The normalized spacial score (nSPS) is 21.4. The summed E-state index contributed by atoms with van der Waals surface area (Å²) in [6, 6.07) is 14.8. The number of dihydropyridines is 1. The molecule has 1 N–H and O–H groups in total. The van der Waals surface area contributed by atoms with E-state index >= 15 is 0 Å². The third-order valence-corrected chi connectivity index (χ3v) is 6.49. The van der Waals surface area contributed by atoms with Gasteiger partial charge in [-0.15, -0.1) is 0 Å². The molecule has 0 spiro atoms. The quantitative estimate of drug-likeness (QED) is 0.353. The lowest BCUT2D eigenvalue weighted by atomic mass is 9.69. The van der Waals surface area contributed by atoms with Gasteiger partial charge in [0.1, 0.15) is 30.7 Å². The maximum Gasteiger partial charge on any atom is 0.336 e. The zero-order valence-electron chi connectivity index (χ0n) is 20.4. The molecule has 3 atom stereocenters. The minimum Gasteiger partial charge on any atom is -0.490 e. The summed E-state index contributed by atoms with van der Waals surface area (Å²) in [5.41, 5.74) is 2.25. The Morgan fingerprint density at radius 2 is 1.75 bits per heavy atom. The lowest BCUT2D eigenvalue weighted by Gasteiger charge is -2.38. The Balaban J connectivity index is 1.63. The fourth-order valence-corrected chi connectivity index (χ4v) is 4.83. The van der Waals surface area contributed by atoms with Gasteiger partial charge in [-0.05, 0) is 49.1 Å². The van der Waals surface area contributed by atoms with Crippen LogP contribution in [0.1, 0.15) is 31.7 Å². The Labute approximate surface area is 208 Å². The molecule has 2 aliphatic rings. The highest BCUT2D eigenvalue weighted by Crippen LogP contribution is 2.45. The van der Waals surface area contributed by atoms with Gasteiger partial charge >= 0.3 is 11.9 Å². The fourth-order valence-electron chi connectivity index (χ4n) is 4.83. The molecule has 7 nitrogen and oxygen atoms in total. The zero-order valence-corrected chi connectivity index (χ0v) is 20.4. The van der Waals surface area contributed by atoms with Crippen molar-refractivity contribution in [2.24, 2.45) is 11.8 Å². The van der Waals surface area contributed by atoms with Crippen molar-refractivity contribution in [3.05, 3.63) is 88.5 Å². The number of carbonyl (C=O) groups excluding carboxylic acids is 3. The summed E-state index contributed by atoms with van der Waals surface area (Å²) in [7, 11) is 1.24. The summed E-state index contributed by atoms with van der Waals surface area (Å²) in [6.07, 6.45) is 0.420. The smallest absolute Gasteiger partial charge is 0.336 e. The summed E-state index contributed by atoms with van der Waals surface area (Å²) in [4.78, 5) is 39.4. The predicted molar refractivity (Wildman–Crippen MR) is 129 cm³/mol. The number of benzene rings is 2. The summed E-state index contributed by atoms with van der Waals surface area (Å²) in [6.45, 7) is 3.68. The van der Waals surface area contributed by atoms with E-state index in [4.69, 9.17) is 14.2 Å². The van der Waals surface area contributed by atoms with Gasteiger partial charge in [-0.2, -0.15) is 0 Å². The van der Waals surface area contributed by atoms with Gasteiger partial charge in [0, 0.05) is 22.9 Å². The number of rotatable bonds is 7. The molecule has 0 saturated heterocycles. The minimum absolute atomic E-state index is 0.0116. The lowest BCUT2D eigenvalue weighted by Crippen LogP contribution is -2.43. The van der Waals surface area contributed by atoms with Crippen LogP contribution in [0.4, 0.5) is 4.39 Å². The predicted octanol–water partition coefficient (Wildman–Crippen LogP) is 4.06. The second kappa shape index (κ2) is 10.8. The van der Waals surface area contributed by atoms with Crippen molar-refractivity contribution in [1.29, 1.82) is 0 Å². The van der Waals surface area contributed by atoms with Crippen LogP contribution in [0.3, 0.4) is 0 Å². The molecule has 1 aliphatic heterocycles. The molecule has 0 bridgehead atoms. The highest BCUT2D eigenvalue weighted by molar-refractivity contribution is 6.12. The van der Waals surface area contributed by atoms with Gasteiger partial charge in [-0.1, -0.05) is 37.3 Å². The van der Waals surface area contributed by atoms with Gasteiger partial charge in [0.2, 0.25) is 0 Å². The number of allylic oxidation sites excluding steroid dienone is 3. The number of halogens is 1. The van der Waals surface area contributed by atoms with Crippen molar-refractivity contribution in [1.82, 2.24) is 5.32 Å². The van der Waals surface area contributed by atoms with E-state index in [1.807, 2.05) is 25.1 Å². The van der Waals surface area contributed by atoms with Crippen molar-refractivity contribution in [3.63, 3.8) is 0 Å². The Kier molecular flexibility index (Phi) is 7.52. The molecule has 1 aliphatic carbocycles. The van der Waals surface area contributed by atoms with Gasteiger partial charge in [-0.25, -0.2) is 9.18 Å². The van der Waals surface area contributed by atoms with Crippen molar-refractivity contribution in [3.8, 4) is 5.75 Å². The number of carbonyl (C=O) groups is 3. The molecule has 2 aromatic rings. The molecule has 0 unspecified atom stereocenters. The van der Waals surface area contributed by atoms with E-state index < -0.39 is 35.4 Å². The number of ketones is 1. The molecule has 4 rings (SSSR count). The Morgan fingerprint density at radius 3 is 2.42 bits per heavy atom. The molecular formula is C28H28FNO6. The van der Waals surface area contributed by atoms with Gasteiger partial charge in [0.15, 0.2) is 5.78 Å². The van der Waals surface area contributed by atoms with Crippen LogP contribution < -0.4 is 10.1 Å². The highest BCUT2D eigenvalue weighted by atomic mass is 19.1. The van der Waals surface area contributed by atoms with Crippen LogP contribution in [0, 0.1) is 17.7 Å². The molecule has 0 radical (unpaired) electrons. The number of Topliss-reactive ketones (excluding diaryl/α,β-unsaturated/α-hetero) is 1. The Hall–Kier alpha value is -3.94. The third kappa shape index (κ3) is 5.03. The zero-order chi connectivity index (χ0) is 25.8. The Bertz CT molecular complexity index is 1220. The van der Waals surface area contributed by atoms with Crippen LogP contribution in [0.2, 0.25) is 0 Å². The Morgan fingerprint density at radius 1 is 1.06 bits per heavy atom. The highest BCUT2D eigenvalue weighted by Gasteiger charge is 2.47. The molecular weight excluding hydrogens is 465 g/mol. The second-order valence-electron chi connectivity index (χ2n) is 8.88. The maximum atomic E-state index is 13.7. The maximum absolute atomic E-state index is 13.7. The summed E-state index contributed by atoms with van der Waals surface area (Å²) in [5.74, 6) is -3.56. The number of ether oxygens (including phenoxy) is 3. The fraction of sp³-hybridized carbons (Fsp3) is 0.321. The van der Waals surface area contributed by atoms with Gasteiger partial charge in [0.25, 0.3) is 0 Å². The van der Waals surface area contributed by atoms with Gasteiger partial charge in [-0.3, -0.25) is 9.59 Å². The molecule has 0 aromatic heterocycles. The van der Waals surface area contributed by atoms with E-state index in [1.54, 1.807) is 19.1 Å². The lowest BCUT2D eigenvalue weighted by molar-refractivity contribution is -0.151. The van der Waals surface area contributed by atoms with E-state index in [-0.39, 0.29) is 24.7 Å². The van der Waals surface area contributed by atoms with Crippen LogP contribution in [-0.2, 0) is 23.9 Å². The molecule has 2 aromatic carbocycles. The van der Waals surface area contributed by atoms with E-state index in [0.29, 0.717) is 34.7 Å². The first-order valence-electron chi connectivity index (χ1n) is 11.7. The van der Waals surface area contributed by atoms with E-state index in [2.05, 4.69) is 5.32 Å². The topological polar surface area (TPSA) is 90.9 Å².